The van der Waals surface area contributed by atoms with Gasteiger partial charge in [-0.2, -0.15) is 0 Å². The number of halogens is 2. The summed E-state index contributed by atoms with van der Waals surface area (Å²) in [6, 6.07) is 13.7. The summed E-state index contributed by atoms with van der Waals surface area (Å²) >= 11 is 9.64. The van der Waals surface area contributed by atoms with Crippen molar-refractivity contribution in [3.63, 3.8) is 0 Å². The van der Waals surface area contributed by atoms with Crippen LogP contribution in [0.1, 0.15) is 11.1 Å². The zero-order chi connectivity index (χ0) is 12.7. The van der Waals surface area contributed by atoms with Gasteiger partial charge in [-0.15, -0.1) is 0 Å². The molecule has 2 nitrogen and oxygen atoms in total. The molecule has 0 amide bonds. The topological polar surface area (TPSA) is 27.1 Å². The fourth-order valence-corrected chi connectivity index (χ4v) is 2.97. The zero-order valence-corrected chi connectivity index (χ0v) is 11.8. The predicted molar refractivity (Wildman–Crippen MR) is 78.6 cm³/mol. The van der Waals surface area contributed by atoms with Gasteiger partial charge in [0, 0.05) is 10.0 Å². The Morgan fingerprint density at radius 1 is 1.17 bits per heavy atom. The van der Waals surface area contributed by atoms with Crippen LogP contribution in [0.25, 0.3) is 0 Å². The molecule has 90 valence electrons. The van der Waals surface area contributed by atoms with Crippen molar-refractivity contribution < 1.29 is 0 Å². The molecular weight excluding hydrogens is 312 g/mol. The fraction of sp³-hybridized carbons (Fsp3) is 0.0714. The van der Waals surface area contributed by atoms with Gasteiger partial charge < -0.3 is 4.90 Å². The minimum atomic E-state index is 0.509. The van der Waals surface area contributed by atoms with E-state index in [9.17, 15) is 0 Å². The van der Waals surface area contributed by atoms with E-state index in [1.165, 1.54) is 5.56 Å². The summed E-state index contributed by atoms with van der Waals surface area (Å²) < 4.78 is 0.944. The second kappa shape index (κ2) is 4.41. The molecule has 1 N–H and O–H groups in total. The molecule has 0 atom stereocenters. The normalized spacial score (nSPS) is 13.9. The second-order valence-corrected chi connectivity index (χ2v) is 5.51. The molecule has 1 aliphatic heterocycles. The quantitative estimate of drug-likeness (QED) is 0.825. The monoisotopic (exact) mass is 320 g/mol. The van der Waals surface area contributed by atoms with Gasteiger partial charge in [0.2, 0.25) is 0 Å². The van der Waals surface area contributed by atoms with Crippen molar-refractivity contribution in [3.05, 3.63) is 63.1 Å². The fourth-order valence-electron chi connectivity index (χ4n) is 2.19. The SMILES string of the molecule is N=C1c2ccccc2CN1c1ccc(Br)cc1Cl. The maximum Gasteiger partial charge on any atom is 0.133 e. The Labute approximate surface area is 119 Å². The van der Waals surface area contributed by atoms with E-state index in [-0.39, 0.29) is 0 Å². The minimum absolute atomic E-state index is 0.509. The van der Waals surface area contributed by atoms with E-state index in [0.717, 1.165) is 15.7 Å². The molecule has 18 heavy (non-hydrogen) atoms. The minimum Gasteiger partial charge on any atom is -0.320 e. The molecule has 3 rings (SSSR count). The largest absolute Gasteiger partial charge is 0.320 e. The Balaban J connectivity index is 2.04. The third-order valence-corrected chi connectivity index (χ3v) is 3.87. The molecule has 0 aliphatic carbocycles. The first-order valence-electron chi connectivity index (χ1n) is 5.56. The number of anilines is 1. The number of nitrogens with zero attached hydrogens (tertiary/aromatic N) is 1. The molecule has 0 unspecified atom stereocenters. The van der Waals surface area contributed by atoms with Crippen LogP contribution < -0.4 is 4.90 Å². The number of rotatable bonds is 1. The van der Waals surface area contributed by atoms with Crippen LogP contribution in [0.2, 0.25) is 5.02 Å². The molecule has 0 radical (unpaired) electrons. The van der Waals surface area contributed by atoms with Crippen LogP contribution in [-0.2, 0) is 6.54 Å². The standard InChI is InChI=1S/C14H10BrClN2/c15-10-5-6-13(12(16)7-10)18-8-9-3-1-2-4-11(9)14(18)17/h1-7,17H,8H2. The Bertz CT molecular complexity index is 639. The highest BCUT2D eigenvalue weighted by atomic mass is 79.9. The molecule has 0 fully saturated rings. The third-order valence-electron chi connectivity index (χ3n) is 3.07. The van der Waals surface area contributed by atoms with Gasteiger partial charge in [0.15, 0.2) is 0 Å². The van der Waals surface area contributed by atoms with Gasteiger partial charge >= 0.3 is 0 Å². The van der Waals surface area contributed by atoms with E-state index in [1.54, 1.807) is 0 Å². The summed E-state index contributed by atoms with van der Waals surface area (Å²) in [5.41, 5.74) is 3.03. The lowest BCUT2D eigenvalue weighted by atomic mass is 10.1. The highest BCUT2D eigenvalue weighted by Crippen LogP contribution is 2.34. The third kappa shape index (κ3) is 1.84. The van der Waals surface area contributed by atoms with Gasteiger partial charge in [0.05, 0.1) is 17.3 Å². The average Bonchev–Trinajstić information content (AvgIpc) is 2.68. The zero-order valence-electron chi connectivity index (χ0n) is 9.45. The molecule has 2 aromatic rings. The van der Waals surface area contributed by atoms with Gasteiger partial charge in [0.1, 0.15) is 5.84 Å². The molecule has 0 aromatic heterocycles. The van der Waals surface area contributed by atoms with Crippen molar-refractivity contribution in [1.82, 2.24) is 0 Å². The van der Waals surface area contributed by atoms with Crippen molar-refractivity contribution in [2.45, 2.75) is 6.54 Å². The highest BCUT2D eigenvalue weighted by Gasteiger charge is 2.26. The van der Waals surface area contributed by atoms with E-state index in [0.29, 0.717) is 17.4 Å². The summed E-state index contributed by atoms with van der Waals surface area (Å²) in [4.78, 5) is 1.93. The number of hydrogen-bond acceptors (Lipinski definition) is 1. The van der Waals surface area contributed by atoms with Crippen molar-refractivity contribution in [3.8, 4) is 0 Å². The van der Waals surface area contributed by atoms with E-state index in [2.05, 4.69) is 22.0 Å². The summed E-state index contributed by atoms with van der Waals surface area (Å²) in [5.74, 6) is 0.509. The average molecular weight is 322 g/mol. The van der Waals surface area contributed by atoms with Crippen LogP contribution in [0.4, 0.5) is 5.69 Å². The second-order valence-electron chi connectivity index (χ2n) is 4.19. The summed E-state index contributed by atoms with van der Waals surface area (Å²) in [6.45, 7) is 0.705. The maximum absolute atomic E-state index is 8.23. The lowest BCUT2D eigenvalue weighted by molar-refractivity contribution is 1.05. The van der Waals surface area contributed by atoms with Crippen LogP contribution >= 0.6 is 27.5 Å². The molecule has 0 saturated heterocycles. The lowest BCUT2D eigenvalue weighted by Gasteiger charge is -2.19. The van der Waals surface area contributed by atoms with Crippen molar-refractivity contribution in [2.75, 3.05) is 4.90 Å². The number of fused-ring (bicyclic) bond motifs is 1. The number of hydrogen-bond donors (Lipinski definition) is 1. The Morgan fingerprint density at radius 3 is 2.67 bits per heavy atom. The Hall–Kier alpha value is -1.32. The lowest BCUT2D eigenvalue weighted by Crippen LogP contribution is -2.23. The summed E-state index contributed by atoms with van der Waals surface area (Å²) in [5, 5.41) is 8.89. The van der Waals surface area contributed by atoms with Crippen molar-refractivity contribution >= 4 is 39.1 Å². The van der Waals surface area contributed by atoms with Crippen molar-refractivity contribution in [1.29, 1.82) is 5.41 Å². The molecule has 0 bridgehead atoms. The van der Waals surface area contributed by atoms with E-state index in [4.69, 9.17) is 17.0 Å². The van der Waals surface area contributed by atoms with Crippen LogP contribution in [0.15, 0.2) is 46.9 Å². The molecular formula is C14H10BrClN2. The first kappa shape index (κ1) is 11.8. The van der Waals surface area contributed by atoms with E-state index in [1.807, 2.05) is 41.3 Å². The highest BCUT2D eigenvalue weighted by molar-refractivity contribution is 9.10. The first-order chi connectivity index (χ1) is 8.66. The molecule has 0 saturated carbocycles. The number of nitrogens with one attached hydrogen (secondary N) is 1. The van der Waals surface area contributed by atoms with Gasteiger partial charge in [-0.1, -0.05) is 51.8 Å². The van der Waals surface area contributed by atoms with Gasteiger partial charge in [0.25, 0.3) is 0 Å². The molecule has 1 aliphatic rings. The summed E-state index contributed by atoms with van der Waals surface area (Å²) in [6.07, 6.45) is 0. The smallest absolute Gasteiger partial charge is 0.133 e. The van der Waals surface area contributed by atoms with Crippen LogP contribution in [-0.4, -0.2) is 5.84 Å². The van der Waals surface area contributed by atoms with Crippen LogP contribution in [0.5, 0.6) is 0 Å². The van der Waals surface area contributed by atoms with Crippen LogP contribution in [0.3, 0.4) is 0 Å². The van der Waals surface area contributed by atoms with Gasteiger partial charge in [-0.05, 0) is 23.8 Å². The number of amidine groups is 1. The predicted octanol–water partition coefficient (Wildman–Crippen LogP) is 4.45. The van der Waals surface area contributed by atoms with Crippen molar-refractivity contribution in [2.24, 2.45) is 0 Å². The van der Waals surface area contributed by atoms with Crippen LogP contribution in [0, 0.1) is 5.41 Å². The maximum atomic E-state index is 8.23. The molecule has 1 heterocycles. The van der Waals surface area contributed by atoms with E-state index >= 15 is 0 Å². The Morgan fingerprint density at radius 2 is 1.94 bits per heavy atom. The van der Waals surface area contributed by atoms with E-state index < -0.39 is 0 Å². The van der Waals surface area contributed by atoms with Gasteiger partial charge in [-0.25, -0.2) is 0 Å². The van der Waals surface area contributed by atoms with Gasteiger partial charge in [-0.3, -0.25) is 5.41 Å². The number of benzene rings is 2. The molecule has 0 spiro atoms. The first-order valence-corrected chi connectivity index (χ1v) is 6.73. The Kier molecular flexibility index (Phi) is 2.88. The molecule has 2 aromatic carbocycles. The molecule has 4 heteroatoms. The summed E-state index contributed by atoms with van der Waals surface area (Å²) in [7, 11) is 0.